The van der Waals surface area contributed by atoms with E-state index in [1.165, 1.54) is 18.7 Å². The molecule has 0 amide bonds. The number of sulfonamides is 1. The maximum absolute atomic E-state index is 11.9. The van der Waals surface area contributed by atoms with Gasteiger partial charge in [-0.15, -0.1) is 0 Å². The molecule has 0 spiro atoms. The Bertz CT molecular complexity index is 593. The van der Waals surface area contributed by atoms with E-state index in [4.69, 9.17) is 4.42 Å². The van der Waals surface area contributed by atoms with Gasteiger partial charge in [-0.3, -0.25) is 0 Å². The summed E-state index contributed by atoms with van der Waals surface area (Å²) in [6, 6.07) is 3.37. The molecule has 2 aromatic heterocycles. The van der Waals surface area contributed by atoms with E-state index in [1.807, 2.05) is 0 Å². The summed E-state index contributed by atoms with van der Waals surface area (Å²) in [6.45, 7) is 0.0864. The van der Waals surface area contributed by atoms with Crippen molar-refractivity contribution in [3.05, 3.63) is 36.5 Å². The molecule has 0 aromatic carbocycles. The summed E-state index contributed by atoms with van der Waals surface area (Å²) in [4.78, 5) is 7.69. The van der Waals surface area contributed by atoms with Crippen LogP contribution >= 0.6 is 0 Å². The molecule has 0 aliphatic rings. The molecule has 0 bridgehead atoms. The van der Waals surface area contributed by atoms with Gasteiger partial charge in [0.2, 0.25) is 16.0 Å². The second-order valence-electron chi connectivity index (χ2n) is 3.40. The molecule has 2 aromatic rings. The summed E-state index contributed by atoms with van der Waals surface area (Å²) in [5, 5.41) is 2.71. The second-order valence-corrected chi connectivity index (χ2v) is 5.16. The zero-order chi connectivity index (χ0) is 13.0. The van der Waals surface area contributed by atoms with Crippen LogP contribution in [0.15, 0.2) is 40.1 Å². The van der Waals surface area contributed by atoms with Crippen molar-refractivity contribution in [3.8, 4) is 0 Å². The van der Waals surface area contributed by atoms with E-state index in [9.17, 15) is 8.42 Å². The molecular weight excluding hydrogens is 256 g/mol. The molecule has 0 aliphatic heterocycles. The molecule has 7 nitrogen and oxygen atoms in total. The van der Waals surface area contributed by atoms with Crippen molar-refractivity contribution in [2.24, 2.45) is 0 Å². The molecule has 0 aliphatic carbocycles. The maximum atomic E-state index is 11.9. The quantitative estimate of drug-likeness (QED) is 0.823. The molecule has 96 valence electrons. The SMILES string of the molecule is CNc1ncc(S(=O)(=O)NCc2ccco2)cn1. The second kappa shape index (κ2) is 5.15. The zero-order valence-corrected chi connectivity index (χ0v) is 10.4. The van der Waals surface area contributed by atoms with Gasteiger partial charge in [0.05, 0.1) is 25.2 Å². The zero-order valence-electron chi connectivity index (χ0n) is 9.62. The van der Waals surface area contributed by atoms with Crippen LogP contribution in [0.5, 0.6) is 0 Å². The van der Waals surface area contributed by atoms with Gasteiger partial charge in [-0.2, -0.15) is 0 Å². The monoisotopic (exact) mass is 268 g/mol. The van der Waals surface area contributed by atoms with E-state index in [1.54, 1.807) is 19.2 Å². The molecule has 18 heavy (non-hydrogen) atoms. The number of nitrogens with one attached hydrogen (secondary N) is 2. The Morgan fingerprint density at radius 1 is 1.33 bits per heavy atom. The standard InChI is InChI=1S/C10H12N4O3S/c1-11-10-12-6-9(7-13-10)18(15,16)14-5-8-3-2-4-17-8/h2-4,6-7,14H,5H2,1H3,(H,11,12,13). The number of hydrogen-bond donors (Lipinski definition) is 2. The fraction of sp³-hybridized carbons (Fsp3) is 0.200. The normalized spacial score (nSPS) is 11.4. The van der Waals surface area contributed by atoms with E-state index in [-0.39, 0.29) is 11.4 Å². The van der Waals surface area contributed by atoms with Gasteiger partial charge in [-0.25, -0.2) is 23.1 Å². The number of aromatic nitrogens is 2. The summed E-state index contributed by atoms with van der Waals surface area (Å²) < 4.78 is 31.2. The highest BCUT2D eigenvalue weighted by Crippen LogP contribution is 2.08. The van der Waals surface area contributed by atoms with Crippen LogP contribution in [0.2, 0.25) is 0 Å². The van der Waals surface area contributed by atoms with Crippen molar-refractivity contribution in [3.63, 3.8) is 0 Å². The first-order chi connectivity index (χ1) is 8.62. The maximum Gasteiger partial charge on any atom is 0.244 e. The van der Waals surface area contributed by atoms with E-state index >= 15 is 0 Å². The first-order valence-electron chi connectivity index (χ1n) is 5.13. The lowest BCUT2D eigenvalue weighted by atomic mass is 10.5. The largest absolute Gasteiger partial charge is 0.468 e. The van der Waals surface area contributed by atoms with Crippen LogP contribution in [0.25, 0.3) is 0 Å². The lowest BCUT2D eigenvalue weighted by Gasteiger charge is -2.05. The van der Waals surface area contributed by atoms with Crippen LogP contribution in [-0.4, -0.2) is 25.4 Å². The highest BCUT2D eigenvalue weighted by atomic mass is 32.2. The van der Waals surface area contributed by atoms with Crippen LogP contribution in [0.1, 0.15) is 5.76 Å². The molecule has 2 rings (SSSR count). The van der Waals surface area contributed by atoms with E-state index in [0.717, 1.165) is 0 Å². The number of hydrogen-bond acceptors (Lipinski definition) is 6. The van der Waals surface area contributed by atoms with Crippen molar-refractivity contribution in [2.75, 3.05) is 12.4 Å². The van der Waals surface area contributed by atoms with E-state index in [0.29, 0.717) is 11.7 Å². The van der Waals surface area contributed by atoms with Gasteiger partial charge >= 0.3 is 0 Å². The predicted octanol–water partition coefficient (Wildman–Crippen LogP) is 0.590. The topological polar surface area (TPSA) is 97.1 Å². The molecule has 8 heteroatoms. The summed E-state index contributed by atoms with van der Waals surface area (Å²) in [5.74, 6) is 0.895. The van der Waals surface area contributed by atoms with Crippen molar-refractivity contribution in [2.45, 2.75) is 11.4 Å². The Kier molecular flexibility index (Phi) is 3.58. The van der Waals surface area contributed by atoms with Crippen LogP contribution in [0, 0.1) is 0 Å². The van der Waals surface area contributed by atoms with Crippen LogP contribution in [-0.2, 0) is 16.6 Å². The molecule has 2 N–H and O–H groups in total. The smallest absolute Gasteiger partial charge is 0.244 e. The molecule has 0 saturated heterocycles. The fourth-order valence-corrected chi connectivity index (χ4v) is 2.13. The number of furan rings is 1. The Morgan fingerprint density at radius 3 is 2.61 bits per heavy atom. The minimum Gasteiger partial charge on any atom is -0.468 e. The van der Waals surface area contributed by atoms with Gasteiger partial charge in [0.25, 0.3) is 0 Å². The van der Waals surface area contributed by atoms with Crippen LogP contribution in [0.4, 0.5) is 5.95 Å². The van der Waals surface area contributed by atoms with Gasteiger partial charge in [-0.1, -0.05) is 0 Å². The molecule has 0 radical (unpaired) electrons. The van der Waals surface area contributed by atoms with E-state index < -0.39 is 10.0 Å². The van der Waals surface area contributed by atoms with Gasteiger partial charge in [0.1, 0.15) is 10.7 Å². The van der Waals surface area contributed by atoms with Crippen molar-refractivity contribution in [1.82, 2.24) is 14.7 Å². The molecule has 0 atom stereocenters. The minimum absolute atomic E-state index is 0.00746. The van der Waals surface area contributed by atoms with Gasteiger partial charge in [0.15, 0.2) is 0 Å². The Balaban J connectivity index is 2.09. The average molecular weight is 268 g/mol. The van der Waals surface area contributed by atoms with Gasteiger partial charge in [-0.05, 0) is 12.1 Å². The molecule has 0 fully saturated rings. The molecular formula is C10H12N4O3S. The van der Waals surface area contributed by atoms with Gasteiger partial charge < -0.3 is 9.73 Å². The van der Waals surface area contributed by atoms with E-state index in [2.05, 4.69) is 20.0 Å². The summed E-state index contributed by atoms with van der Waals surface area (Å²) in [5.41, 5.74) is 0. The van der Waals surface area contributed by atoms with Crippen molar-refractivity contribution < 1.29 is 12.8 Å². The predicted molar refractivity (Wildman–Crippen MR) is 64.3 cm³/mol. The first-order valence-corrected chi connectivity index (χ1v) is 6.62. The summed E-state index contributed by atoms with van der Waals surface area (Å²) in [6.07, 6.45) is 3.96. The Hall–Kier alpha value is -1.93. The van der Waals surface area contributed by atoms with Crippen molar-refractivity contribution >= 4 is 16.0 Å². The summed E-state index contributed by atoms with van der Waals surface area (Å²) in [7, 11) is -1.97. The number of rotatable bonds is 5. The third-order valence-corrected chi connectivity index (χ3v) is 3.53. The number of nitrogens with zero attached hydrogens (tertiary/aromatic N) is 2. The third-order valence-electron chi connectivity index (χ3n) is 2.18. The fourth-order valence-electron chi connectivity index (χ4n) is 1.25. The lowest BCUT2D eigenvalue weighted by molar-refractivity contribution is 0.498. The van der Waals surface area contributed by atoms with Crippen LogP contribution < -0.4 is 10.0 Å². The van der Waals surface area contributed by atoms with Gasteiger partial charge in [0, 0.05) is 7.05 Å². The summed E-state index contributed by atoms with van der Waals surface area (Å²) >= 11 is 0. The lowest BCUT2D eigenvalue weighted by Crippen LogP contribution is -2.23. The number of anilines is 1. The molecule has 0 saturated carbocycles. The van der Waals surface area contributed by atoms with Crippen molar-refractivity contribution in [1.29, 1.82) is 0 Å². The highest BCUT2D eigenvalue weighted by molar-refractivity contribution is 7.89. The van der Waals surface area contributed by atoms with Crippen LogP contribution in [0.3, 0.4) is 0 Å². The average Bonchev–Trinajstić information content (AvgIpc) is 2.90. The first kappa shape index (κ1) is 12.5. The molecule has 0 unspecified atom stereocenters. The Labute approximate surface area is 104 Å². The Morgan fingerprint density at radius 2 is 2.06 bits per heavy atom. The molecule has 2 heterocycles. The minimum atomic E-state index is -3.62. The highest BCUT2D eigenvalue weighted by Gasteiger charge is 2.15. The third kappa shape index (κ3) is 2.84.